The molecule has 1 rings (SSSR count). The van der Waals surface area contributed by atoms with Crippen LogP contribution in [0.2, 0.25) is 0 Å². The Morgan fingerprint density at radius 1 is 1.47 bits per heavy atom. The molecule has 0 aliphatic heterocycles. The fourth-order valence-corrected chi connectivity index (χ4v) is 1.36. The maximum atomic E-state index is 10.7. The van der Waals surface area contributed by atoms with E-state index in [2.05, 4.69) is 15.5 Å². The van der Waals surface area contributed by atoms with Gasteiger partial charge in [-0.15, -0.1) is 5.10 Å². The molecule has 1 unspecified atom stereocenters. The molecule has 0 amide bonds. The Kier molecular flexibility index (Phi) is 5.37. The Labute approximate surface area is 111 Å². The number of carboxylic acids is 1. The van der Waals surface area contributed by atoms with E-state index in [0.717, 1.165) is 0 Å². The van der Waals surface area contributed by atoms with Crippen LogP contribution in [0.15, 0.2) is 0 Å². The minimum absolute atomic E-state index is 0.101. The van der Waals surface area contributed by atoms with Crippen LogP contribution < -0.4 is 0 Å². The third-order valence-electron chi connectivity index (χ3n) is 2.35. The number of rotatable bonds is 7. The van der Waals surface area contributed by atoms with Crippen molar-refractivity contribution in [2.75, 3.05) is 7.11 Å². The summed E-state index contributed by atoms with van der Waals surface area (Å²) in [7, 11) is 1.46. The van der Waals surface area contributed by atoms with E-state index in [9.17, 15) is 4.79 Å². The van der Waals surface area contributed by atoms with Crippen molar-refractivity contribution in [3.63, 3.8) is 0 Å². The van der Waals surface area contributed by atoms with E-state index in [1.165, 1.54) is 11.8 Å². The van der Waals surface area contributed by atoms with Crippen molar-refractivity contribution in [2.24, 2.45) is 0 Å². The second-order valence-corrected chi connectivity index (χ2v) is 5.13. The minimum atomic E-state index is -0.924. The number of tetrazole rings is 1. The maximum absolute atomic E-state index is 10.7. The van der Waals surface area contributed by atoms with Gasteiger partial charge in [0.1, 0.15) is 6.61 Å². The molecule has 1 atom stereocenters. The first kappa shape index (κ1) is 15.5. The van der Waals surface area contributed by atoms with E-state index in [4.69, 9.17) is 14.6 Å². The fraction of sp³-hybridized carbons (Fsp3) is 0.818. The number of carbonyl (C=O) groups is 1. The van der Waals surface area contributed by atoms with Gasteiger partial charge < -0.3 is 14.6 Å². The molecule has 0 aliphatic carbocycles. The second kappa shape index (κ2) is 6.58. The number of hydrogen-bond acceptors (Lipinski definition) is 6. The number of methoxy groups -OCH3 is 1. The van der Waals surface area contributed by atoms with Gasteiger partial charge in [0.15, 0.2) is 5.82 Å². The smallest absolute Gasteiger partial charge is 0.306 e. The lowest BCUT2D eigenvalue weighted by Gasteiger charge is -2.19. The Morgan fingerprint density at radius 2 is 2.16 bits per heavy atom. The number of nitrogens with zero attached hydrogens (tertiary/aromatic N) is 4. The van der Waals surface area contributed by atoms with Crippen molar-refractivity contribution in [2.45, 2.75) is 52.0 Å². The van der Waals surface area contributed by atoms with Gasteiger partial charge in [0.05, 0.1) is 24.7 Å². The fourth-order valence-electron chi connectivity index (χ4n) is 1.36. The molecule has 1 aromatic rings. The van der Waals surface area contributed by atoms with E-state index < -0.39 is 12.1 Å². The molecule has 0 saturated carbocycles. The van der Waals surface area contributed by atoms with E-state index in [-0.39, 0.29) is 25.2 Å². The third kappa shape index (κ3) is 5.75. The minimum Gasteiger partial charge on any atom is -0.481 e. The summed E-state index contributed by atoms with van der Waals surface area (Å²) < 4.78 is 12.2. The van der Waals surface area contributed by atoms with Gasteiger partial charge in [-0.1, -0.05) is 0 Å². The van der Waals surface area contributed by atoms with E-state index in [0.29, 0.717) is 5.82 Å². The summed E-state index contributed by atoms with van der Waals surface area (Å²) >= 11 is 0. The van der Waals surface area contributed by atoms with Crippen molar-refractivity contribution in [3.05, 3.63) is 5.82 Å². The molecule has 0 spiro atoms. The average molecular weight is 272 g/mol. The van der Waals surface area contributed by atoms with Gasteiger partial charge in [-0.05, 0) is 31.2 Å². The van der Waals surface area contributed by atoms with Crippen LogP contribution in [0.25, 0.3) is 0 Å². The number of hydrogen-bond donors (Lipinski definition) is 1. The van der Waals surface area contributed by atoms with Crippen LogP contribution in [-0.4, -0.2) is 50.1 Å². The molecule has 0 aliphatic rings. The van der Waals surface area contributed by atoms with Crippen molar-refractivity contribution in [1.29, 1.82) is 0 Å². The molecule has 1 heterocycles. The van der Waals surface area contributed by atoms with Gasteiger partial charge in [-0.2, -0.15) is 0 Å². The summed E-state index contributed by atoms with van der Waals surface area (Å²) in [5.74, 6) is -0.380. The lowest BCUT2D eigenvalue weighted by atomic mass is 10.2. The van der Waals surface area contributed by atoms with E-state index in [1.54, 1.807) is 0 Å². The van der Waals surface area contributed by atoms with Crippen LogP contribution in [0.4, 0.5) is 0 Å². The number of carboxylic acid groups (broad SMARTS) is 1. The molecule has 1 aromatic heterocycles. The molecule has 0 fully saturated rings. The summed E-state index contributed by atoms with van der Waals surface area (Å²) in [4.78, 5) is 10.7. The highest BCUT2D eigenvalue weighted by Crippen LogP contribution is 2.10. The molecule has 1 N–H and O–H groups in total. The lowest BCUT2D eigenvalue weighted by Crippen LogP contribution is -2.25. The Morgan fingerprint density at radius 3 is 2.68 bits per heavy atom. The predicted octanol–water partition coefficient (Wildman–Crippen LogP) is 0.478. The summed E-state index contributed by atoms with van der Waals surface area (Å²) in [6, 6.07) is 0. The Bertz CT molecular complexity index is 413. The lowest BCUT2D eigenvalue weighted by molar-refractivity contribution is -0.140. The molecule has 19 heavy (non-hydrogen) atoms. The monoisotopic (exact) mass is 272 g/mol. The van der Waals surface area contributed by atoms with Crippen molar-refractivity contribution >= 4 is 5.97 Å². The van der Waals surface area contributed by atoms with Crippen molar-refractivity contribution in [1.82, 2.24) is 20.2 Å². The predicted molar refractivity (Wildman–Crippen MR) is 65.4 cm³/mol. The standard InChI is InChI=1S/C11H20N4O4/c1-11(2,3)19-7-9-12-13-14-15(9)6-8(18-4)5-10(16)17/h8H,5-7H2,1-4H3,(H,16,17). The van der Waals surface area contributed by atoms with E-state index >= 15 is 0 Å². The average Bonchev–Trinajstić information content (AvgIpc) is 2.71. The SMILES string of the molecule is COC(CC(=O)O)Cn1nnnc1COC(C)(C)C. The van der Waals surface area contributed by atoms with E-state index in [1.807, 2.05) is 20.8 Å². The molecular formula is C11H20N4O4. The summed E-state index contributed by atoms with van der Waals surface area (Å²) in [6.45, 7) is 6.34. The van der Waals surface area contributed by atoms with Crippen molar-refractivity contribution < 1.29 is 19.4 Å². The van der Waals surface area contributed by atoms with Crippen molar-refractivity contribution in [3.8, 4) is 0 Å². The number of ether oxygens (including phenoxy) is 2. The Hall–Kier alpha value is -1.54. The molecule has 108 valence electrons. The molecule has 8 heteroatoms. The molecule has 8 nitrogen and oxygen atoms in total. The third-order valence-corrected chi connectivity index (χ3v) is 2.35. The second-order valence-electron chi connectivity index (χ2n) is 5.13. The van der Waals surface area contributed by atoms with Crippen LogP contribution in [0.1, 0.15) is 33.0 Å². The van der Waals surface area contributed by atoms with Crippen LogP contribution >= 0.6 is 0 Å². The first-order valence-corrected chi connectivity index (χ1v) is 5.95. The van der Waals surface area contributed by atoms with Gasteiger partial charge in [0.2, 0.25) is 0 Å². The largest absolute Gasteiger partial charge is 0.481 e. The van der Waals surface area contributed by atoms with Gasteiger partial charge in [-0.25, -0.2) is 4.68 Å². The van der Waals surface area contributed by atoms with Crippen LogP contribution in [0, 0.1) is 0 Å². The number of aliphatic carboxylic acids is 1. The number of aromatic nitrogens is 4. The summed E-state index contributed by atoms with van der Waals surface area (Å²) in [5, 5.41) is 20.0. The molecular weight excluding hydrogens is 252 g/mol. The highest BCUT2D eigenvalue weighted by atomic mass is 16.5. The zero-order valence-electron chi connectivity index (χ0n) is 11.7. The van der Waals surface area contributed by atoms with Gasteiger partial charge in [-0.3, -0.25) is 4.79 Å². The van der Waals surface area contributed by atoms with Crippen LogP contribution in [0.5, 0.6) is 0 Å². The molecule has 0 aromatic carbocycles. The van der Waals surface area contributed by atoms with Gasteiger partial charge >= 0.3 is 5.97 Å². The highest BCUT2D eigenvalue weighted by molar-refractivity contribution is 5.67. The molecule has 0 radical (unpaired) electrons. The first-order chi connectivity index (χ1) is 8.81. The zero-order chi connectivity index (χ0) is 14.5. The van der Waals surface area contributed by atoms with Gasteiger partial charge in [0, 0.05) is 7.11 Å². The van der Waals surface area contributed by atoms with Gasteiger partial charge in [0.25, 0.3) is 0 Å². The summed E-state index contributed by atoms with van der Waals surface area (Å²) in [5.41, 5.74) is -0.293. The summed E-state index contributed by atoms with van der Waals surface area (Å²) in [6.07, 6.45) is -0.579. The highest BCUT2D eigenvalue weighted by Gasteiger charge is 2.18. The molecule has 0 saturated heterocycles. The molecule has 0 bridgehead atoms. The topological polar surface area (TPSA) is 99.4 Å². The zero-order valence-corrected chi connectivity index (χ0v) is 11.7. The normalized spacial score (nSPS) is 13.5. The van der Waals surface area contributed by atoms with Crippen LogP contribution in [0.3, 0.4) is 0 Å². The first-order valence-electron chi connectivity index (χ1n) is 5.95. The van der Waals surface area contributed by atoms with Crippen LogP contribution in [-0.2, 0) is 27.4 Å². The maximum Gasteiger partial charge on any atom is 0.306 e. The Balaban J connectivity index is 2.63. The quantitative estimate of drug-likeness (QED) is 0.770.